The number of aromatic hydroxyl groups is 1. The fraction of sp³-hybridized carbons (Fsp3) is 0.273. The molecule has 136 valence electrons. The summed E-state index contributed by atoms with van der Waals surface area (Å²) in [6.45, 7) is 3.75. The zero-order valence-electron chi connectivity index (χ0n) is 15.2. The summed E-state index contributed by atoms with van der Waals surface area (Å²) in [5.74, 6) is -0.896. The van der Waals surface area contributed by atoms with Gasteiger partial charge in [-0.1, -0.05) is 61.6 Å². The van der Waals surface area contributed by atoms with Crippen LogP contribution >= 0.6 is 0 Å². The Morgan fingerprint density at radius 1 is 1.23 bits per heavy atom. The number of carbonyl (C=O) groups excluding carboxylic acids is 1. The van der Waals surface area contributed by atoms with Gasteiger partial charge in [0, 0.05) is 17.7 Å². The first-order valence-electron chi connectivity index (χ1n) is 8.88. The maximum absolute atomic E-state index is 12.7. The van der Waals surface area contributed by atoms with Gasteiger partial charge in [-0.05, 0) is 31.7 Å². The number of benzene rings is 1. The third kappa shape index (κ3) is 4.82. The average molecular weight is 351 g/mol. The number of unbranched alkanes of at least 4 members (excludes halogenated alkanes) is 1. The number of ketones is 1. The molecule has 4 heteroatoms. The van der Waals surface area contributed by atoms with Crippen LogP contribution in [0.15, 0.2) is 65.6 Å². The van der Waals surface area contributed by atoms with Gasteiger partial charge in [-0.25, -0.2) is 0 Å². The van der Waals surface area contributed by atoms with Crippen LogP contribution in [-0.2, 0) is 0 Å². The summed E-state index contributed by atoms with van der Waals surface area (Å²) < 4.78 is 0. The Morgan fingerprint density at radius 2 is 1.96 bits per heavy atom. The van der Waals surface area contributed by atoms with Crippen LogP contribution in [0.3, 0.4) is 0 Å². The highest BCUT2D eigenvalue weighted by molar-refractivity contribution is 6.01. The van der Waals surface area contributed by atoms with Crippen molar-refractivity contribution >= 4 is 5.78 Å². The van der Waals surface area contributed by atoms with Crippen molar-refractivity contribution in [2.24, 2.45) is 5.92 Å². The molecule has 2 aromatic rings. The lowest BCUT2D eigenvalue weighted by molar-refractivity contribution is 0.0918. The molecule has 2 rings (SSSR count). The van der Waals surface area contributed by atoms with Crippen LogP contribution in [0.4, 0.5) is 0 Å². The number of nitrogens with one attached hydrogen (secondary N) is 1. The highest BCUT2D eigenvalue weighted by Gasteiger charge is 2.24. The number of H-pyrrole nitrogens is 1. The van der Waals surface area contributed by atoms with E-state index in [-0.39, 0.29) is 23.0 Å². The lowest BCUT2D eigenvalue weighted by Crippen LogP contribution is -2.22. The minimum Gasteiger partial charge on any atom is -0.506 e. The molecule has 1 atom stereocenters. The number of Topliss-reactive ketones (excluding diaryl/α,β-unsaturated/α-hetero) is 1. The van der Waals surface area contributed by atoms with Crippen LogP contribution in [0.1, 0.15) is 43.5 Å². The fourth-order valence-electron chi connectivity index (χ4n) is 2.79. The van der Waals surface area contributed by atoms with Crippen molar-refractivity contribution in [2.75, 3.05) is 0 Å². The Hall–Kier alpha value is -2.88. The largest absolute Gasteiger partial charge is 0.506 e. The van der Waals surface area contributed by atoms with E-state index in [9.17, 15) is 14.7 Å². The highest BCUT2D eigenvalue weighted by atomic mass is 16.3. The summed E-state index contributed by atoms with van der Waals surface area (Å²) in [6.07, 6.45) is 11.8. The van der Waals surface area contributed by atoms with Crippen molar-refractivity contribution in [2.45, 2.75) is 33.1 Å². The van der Waals surface area contributed by atoms with E-state index in [0.29, 0.717) is 12.0 Å². The summed E-state index contributed by atoms with van der Waals surface area (Å²) in [5, 5.41) is 10.6. The van der Waals surface area contributed by atoms with Gasteiger partial charge in [0.2, 0.25) is 0 Å². The minimum absolute atomic E-state index is 0.150. The van der Waals surface area contributed by atoms with Crippen LogP contribution in [0.5, 0.6) is 5.75 Å². The van der Waals surface area contributed by atoms with E-state index in [0.717, 1.165) is 18.4 Å². The third-order valence-electron chi connectivity index (χ3n) is 4.29. The Balaban J connectivity index is 2.16. The van der Waals surface area contributed by atoms with Gasteiger partial charge in [0.25, 0.3) is 5.56 Å². The SMILES string of the molecule is C/C=C/C=C/CCC[C@H](C)C(=O)c1c(O)c(-c2ccccc2)c[nH]c1=O. The van der Waals surface area contributed by atoms with Crippen molar-refractivity contribution in [1.82, 2.24) is 4.98 Å². The number of hydrogen-bond donors (Lipinski definition) is 2. The van der Waals surface area contributed by atoms with Gasteiger partial charge in [-0.15, -0.1) is 0 Å². The van der Waals surface area contributed by atoms with Gasteiger partial charge in [0.05, 0.1) is 0 Å². The number of carbonyl (C=O) groups is 1. The molecule has 0 saturated heterocycles. The predicted molar refractivity (Wildman–Crippen MR) is 105 cm³/mol. The molecule has 0 unspecified atom stereocenters. The molecule has 0 aliphatic rings. The molecule has 1 aromatic carbocycles. The lowest BCUT2D eigenvalue weighted by Gasteiger charge is -2.12. The van der Waals surface area contributed by atoms with Crippen LogP contribution in [0, 0.1) is 5.92 Å². The first-order chi connectivity index (χ1) is 12.6. The van der Waals surface area contributed by atoms with Gasteiger partial charge >= 0.3 is 0 Å². The first kappa shape index (κ1) is 19.4. The number of aromatic nitrogens is 1. The van der Waals surface area contributed by atoms with Crippen molar-refractivity contribution in [3.8, 4) is 16.9 Å². The molecule has 26 heavy (non-hydrogen) atoms. The van der Waals surface area contributed by atoms with Crippen molar-refractivity contribution in [1.29, 1.82) is 0 Å². The highest BCUT2D eigenvalue weighted by Crippen LogP contribution is 2.31. The van der Waals surface area contributed by atoms with Crippen molar-refractivity contribution in [3.05, 3.63) is 76.8 Å². The molecule has 0 spiro atoms. The maximum Gasteiger partial charge on any atom is 0.262 e. The average Bonchev–Trinajstić information content (AvgIpc) is 2.65. The fourth-order valence-corrected chi connectivity index (χ4v) is 2.79. The van der Waals surface area contributed by atoms with Crippen LogP contribution < -0.4 is 5.56 Å². The van der Waals surface area contributed by atoms with Gasteiger partial charge in [0.1, 0.15) is 11.3 Å². The molecule has 0 bridgehead atoms. The molecule has 4 nitrogen and oxygen atoms in total. The van der Waals surface area contributed by atoms with Crippen LogP contribution in [-0.4, -0.2) is 15.9 Å². The van der Waals surface area contributed by atoms with Gasteiger partial charge in [-0.2, -0.15) is 0 Å². The van der Waals surface area contributed by atoms with Crippen LogP contribution in [0.25, 0.3) is 11.1 Å². The summed E-state index contributed by atoms with van der Waals surface area (Å²) in [6, 6.07) is 9.19. The van der Waals surface area contributed by atoms with E-state index < -0.39 is 5.56 Å². The Labute approximate surface area is 153 Å². The second kappa shape index (κ2) is 9.56. The monoisotopic (exact) mass is 351 g/mol. The number of allylic oxidation sites excluding steroid dienone is 4. The molecule has 2 N–H and O–H groups in total. The summed E-state index contributed by atoms with van der Waals surface area (Å²) in [5.41, 5.74) is 0.502. The third-order valence-corrected chi connectivity index (χ3v) is 4.29. The normalized spacial score (nSPS) is 12.7. The smallest absolute Gasteiger partial charge is 0.262 e. The molecule has 0 radical (unpaired) electrons. The topological polar surface area (TPSA) is 70.2 Å². The van der Waals surface area contributed by atoms with Crippen molar-refractivity contribution in [3.63, 3.8) is 0 Å². The van der Waals surface area contributed by atoms with E-state index in [2.05, 4.69) is 11.1 Å². The quantitative estimate of drug-likeness (QED) is 0.405. The van der Waals surface area contributed by atoms with E-state index in [1.54, 1.807) is 6.92 Å². The number of hydrogen-bond acceptors (Lipinski definition) is 3. The molecule has 0 aliphatic heterocycles. The molecule has 0 aliphatic carbocycles. The number of pyridine rings is 1. The van der Waals surface area contributed by atoms with E-state index >= 15 is 0 Å². The van der Waals surface area contributed by atoms with E-state index in [1.807, 2.05) is 55.5 Å². The van der Waals surface area contributed by atoms with Gasteiger partial charge in [0.15, 0.2) is 5.78 Å². The van der Waals surface area contributed by atoms with Crippen molar-refractivity contribution < 1.29 is 9.90 Å². The van der Waals surface area contributed by atoms with E-state index in [4.69, 9.17) is 0 Å². The zero-order valence-corrected chi connectivity index (χ0v) is 15.2. The van der Waals surface area contributed by atoms with Crippen LogP contribution in [0.2, 0.25) is 0 Å². The predicted octanol–water partition coefficient (Wildman–Crippen LogP) is 4.87. The molecule has 0 amide bonds. The Bertz CT molecular complexity index is 847. The first-order valence-corrected chi connectivity index (χ1v) is 8.88. The Kier molecular flexibility index (Phi) is 7.15. The molecule has 0 saturated carbocycles. The van der Waals surface area contributed by atoms with Gasteiger partial charge < -0.3 is 10.1 Å². The van der Waals surface area contributed by atoms with Gasteiger partial charge in [-0.3, -0.25) is 9.59 Å². The molecular weight excluding hydrogens is 326 g/mol. The molecule has 0 fully saturated rings. The van der Waals surface area contributed by atoms with E-state index in [1.165, 1.54) is 6.20 Å². The molecule has 1 heterocycles. The second-order valence-electron chi connectivity index (χ2n) is 6.27. The number of aromatic amines is 1. The summed E-state index contributed by atoms with van der Waals surface area (Å²) in [7, 11) is 0. The standard InChI is InChI=1S/C22H25NO3/c1-3-4-5-6-7-9-12-16(2)20(24)19-21(25)18(15-23-22(19)26)17-13-10-8-11-14-17/h3-6,8,10-11,13-16H,7,9,12H2,1-2H3,(H2,23,25,26)/b4-3+,6-5+/t16-/m0/s1. The molecule has 1 aromatic heterocycles. The molecular formula is C22H25NO3. The minimum atomic E-state index is -0.549. The maximum atomic E-state index is 12.7. The summed E-state index contributed by atoms with van der Waals surface area (Å²) >= 11 is 0. The second-order valence-corrected chi connectivity index (χ2v) is 6.27. The Morgan fingerprint density at radius 3 is 2.65 bits per heavy atom. The zero-order chi connectivity index (χ0) is 18.9. The lowest BCUT2D eigenvalue weighted by atomic mass is 9.93. The number of rotatable bonds is 8. The summed E-state index contributed by atoms with van der Waals surface area (Å²) in [4.78, 5) is 27.5.